The van der Waals surface area contributed by atoms with Crippen LogP contribution in [0.1, 0.15) is 24.8 Å². The number of nitrogens with two attached hydrogens (primary N) is 1. The topological polar surface area (TPSA) is 32.5 Å². The van der Waals surface area contributed by atoms with Gasteiger partial charge >= 0.3 is 0 Å². The summed E-state index contributed by atoms with van der Waals surface area (Å²) in [5.41, 5.74) is 7.87. The number of hydrogen-bond donors (Lipinski definition) is 1. The van der Waals surface area contributed by atoms with Crippen molar-refractivity contribution >= 4 is 34.5 Å². The molecule has 1 aromatic carbocycles. The number of hydrogen-bond acceptors (Lipinski definition) is 3. The van der Waals surface area contributed by atoms with Gasteiger partial charge < -0.3 is 10.6 Å². The quantitative estimate of drug-likeness (QED) is 0.870. The highest BCUT2D eigenvalue weighted by Gasteiger charge is 2.30. The Kier molecular flexibility index (Phi) is 4.15. The predicted molar refractivity (Wildman–Crippen MR) is 88.8 cm³/mol. The first-order valence-electron chi connectivity index (χ1n) is 7.23. The normalized spacial score (nSPS) is 23.4. The van der Waals surface area contributed by atoms with Gasteiger partial charge in [0.1, 0.15) is 4.99 Å². The highest BCUT2D eigenvalue weighted by molar-refractivity contribution is 7.80. The molecule has 2 heterocycles. The molecule has 2 saturated heterocycles. The Balaban J connectivity index is 1.78. The zero-order valence-corrected chi connectivity index (χ0v) is 13.1. The summed E-state index contributed by atoms with van der Waals surface area (Å²) in [6, 6.07) is 6.51. The van der Waals surface area contributed by atoms with Crippen molar-refractivity contribution in [3.8, 4) is 0 Å². The molecule has 108 valence electrons. The van der Waals surface area contributed by atoms with Gasteiger partial charge in [-0.05, 0) is 50.6 Å². The molecule has 0 amide bonds. The molecule has 0 aliphatic carbocycles. The first-order valence-corrected chi connectivity index (χ1v) is 8.02. The highest BCUT2D eigenvalue weighted by atomic mass is 35.5. The van der Waals surface area contributed by atoms with Crippen molar-refractivity contribution in [2.24, 2.45) is 5.73 Å². The van der Waals surface area contributed by atoms with E-state index in [0.717, 1.165) is 24.3 Å². The van der Waals surface area contributed by atoms with Crippen LogP contribution in [0.2, 0.25) is 5.02 Å². The summed E-state index contributed by atoms with van der Waals surface area (Å²) < 4.78 is 0. The number of nitrogens with zero attached hydrogens (tertiary/aromatic N) is 2. The number of rotatable bonds is 3. The van der Waals surface area contributed by atoms with E-state index in [1.165, 1.54) is 32.4 Å². The first-order chi connectivity index (χ1) is 9.65. The van der Waals surface area contributed by atoms with Crippen LogP contribution in [0.4, 0.5) is 5.69 Å². The standard InChI is InChI=1S/C15H20ClN3S/c16-11-3-4-14(13(9-11)15(17)20)19-8-5-12(10-19)18-6-1-2-7-18/h3-4,9,12H,1-2,5-8,10H2,(H2,17,20). The average Bonchev–Trinajstić information content (AvgIpc) is 3.09. The maximum absolute atomic E-state index is 6.06. The van der Waals surface area contributed by atoms with E-state index >= 15 is 0 Å². The molecular formula is C15H20ClN3S. The van der Waals surface area contributed by atoms with Crippen LogP contribution in [0.3, 0.4) is 0 Å². The second kappa shape index (κ2) is 5.88. The van der Waals surface area contributed by atoms with Gasteiger partial charge in [-0.25, -0.2) is 0 Å². The van der Waals surface area contributed by atoms with E-state index < -0.39 is 0 Å². The zero-order valence-electron chi connectivity index (χ0n) is 11.5. The minimum atomic E-state index is 0.423. The van der Waals surface area contributed by atoms with E-state index in [0.29, 0.717) is 16.1 Å². The molecule has 2 N–H and O–H groups in total. The molecule has 2 aliphatic rings. The second-order valence-corrected chi connectivity index (χ2v) is 6.53. The summed E-state index contributed by atoms with van der Waals surface area (Å²) in [5, 5.41) is 0.687. The summed E-state index contributed by atoms with van der Waals surface area (Å²) in [6.07, 6.45) is 3.91. The van der Waals surface area contributed by atoms with Crippen molar-refractivity contribution in [1.29, 1.82) is 0 Å². The van der Waals surface area contributed by atoms with Gasteiger partial charge in [0.15, 0.2) is 0 Å². The molecule has 0 bridgehead atoms. The number of benzene rings is 1. The van der Waals surface area contributed by atoms with E-state index in [1.54, 1.807) is 0 Å². The monoisotopic (exact) mass is 309 g/mol. The van der Waals surface area contributed by atoms with Crippen molar-refractivity contribution in [2.75, 3.05) is 31.1 Å². The Labute approximate surface area is 130 Å². The van der Waals surface area contributed by atoms with E-state index in [4.69, 9.17) is 29.6 Å². The van der Waals surface area contributed by atoms with Crippen LogP contribution in [0.15, 0.2) is 18.2 Å². The SMILES string of the molecule is NC(=S)c1cc(Cl)ccc1N1CCC(N2CCCC2)C1. The van der Waals surface area contributed by atoms with Gasteiger partial charge in [-0.15, -0.1) is 0 Å². The predicted octanol–water partition coefficient (Wildman–Crippen LogP) is 2.65. The van der Waals surface area contributed by atoms with Crippen LogP contribution >= 0.6 is 23.8 Å². The molecule has 0 spiro atoms. The molecule has 20 heavy (non-hydrogen) atoms. The lowest BCUT2D eigenvalue weighted by molar-refractivity contribution is 0.260. The van der Waals surface area contributed by atoms with Crippen LogP contribution < -0.4 is 10.6 Å². The van der Waals surface area contributed by atoms with Crippen molar-refractivity contribution < 1.29 is 0 Å². The van der Waals surface area contributed by atoms with Gasteiger partial charge in [0, 0.05) is 35.4 Å². The fourth-order valence-electron chi connectivity index (χ4n) is 3.35. The molecule has 0 saturated carbocycles. The molecule has 2 fully saturated rings. The minimum Gasteiger partial charge on any atom is -0.389 e. The lowest BCUT2D eigenvalue weighted by atomic mass is 10.1. The fraction of sp³-hybridized carbons (Fsp3) is 0.533. The lowest BCUT2D eigenvalue weighted by Gasteiger charge is -2.25. The second-order valence-electron chi connectivity index (χ2n) is 5.66. The summed E-state index contributed by atoms with van der Waals surface area (Å²) >= 11 is 11.2. The summed E-state index contributed by atoms with van der Waals surface area (Å²) in [5.74, 6) is 0. The smallest absolute Gasteiger partial charge is 0.106 e. The molecule has 3 nitrogen and oxygen atoms in total. The number of halogens is 1. The van der Waals surface area contributed by atoms with Gasteiger partial charge in [0.2, 0.25) is 0 Å². The Morgan fingerprint density at radius 1 is 1.25 bits per heavy atom. The zero-order chi connectivity index (χ0) is 14.1. The number of thiocarbonyl (C=S) groups is 1. The van der Waals surface area contributed by atoms with Gasteiger partial charge in [-0.3, -0.25) is 4.90 Å². The Morgan fingerprint density at radius 2 is 2.00 bits per heavy atom. The summed E-state index contributed by atoms with van der Waals surface area (Å²) in [4.78, 5) is 5.44. The van der Waals surface area contributed by atoms with Crippen molar-refractivity contribution in [1.82, 2.24) is 4.90 Å². The van der Waals surface area contributed by atoms with E-state index in [9.17, 15) is 0 Å². The summed E-state index contributed by atoms with van der Waals surface area (Å²) in [6.45, 7) is 4.64. The van der Waals surface area contributed by atoms with Crippen molar-refractivity contribution in [3.05, 3.63) is 28.8 Å². The Bertz CT molecular complexity index is 514. The van der Waals surface area contributed by atoms with Crippen LogP contribution in [-0.2, 0) is 0 Å². The molecule has 0 radical (unpaired) electrons. The summed E-state index contributed by atoms with van der Waals surface area (Å²) in [7, 11) is 0. The van der Waals surface area contributed by atoms with Gasteiger partial charge in [0.25, 0.3) is 0 Å². The number of likely N-dealkylation sites (tertiary alicyclic amines) is 1. The largest absolute Gasteiger partial charge is 0.389 e. The molecule has 1 unspecified atom stereocenters. The first kappa shape index (κ1) is 14.1. The van der Waals surface area contributed by atoms with Gasteiger partial charge in [0.05, 0.1) is 0 Å². The average molecular weight is 310 g/mol. The van der Waals surface area contributed by atoms with Crippen LogP contribution in [0, 0.1) is 0 Å². The lowest BCUT2D eigenvalue weighted by Crippen LogP contribution is -2.35. The van der Waals surface area contributed by atoms with Gasteiger partial charge in [-0.2, -0.15) is 0 Å². The van der Waals surface area contributed by atoms with Crippen LogP contribution in [0.5, 0.6) is 0 Å². The maximum Gasteiger partial charge on any atom is 0.106 e. The van der Waals surface area contributed by atoms with E-state index in [-0.39, 0.29) is 0 Å². The Morgan fingerprint density at radius 3 is 2.70 bits per heavy atom. The van der Waals surface area contributed by atoms with Crippen LogP contribution in [-0.4, -0.2) is 42.1 Å². The number of anilines is 1. The fourth-order valence-corrected chi connectivity index (χ4v) is 3.68. The molecule has 0 aromatic heterocycles. The van der Waals surface area contributed by atoms with Crippen LogP contribution in [0.25, 0.3) is 0 Å². The molecule has 5 heteroatoms. The van der Waals surface area contributed by atoms with Crippen molar-refractivity contribution in [3.63, 3.8) is 0 Å². The molecule has 2 aliphatic heterocycles. The Hall–Kier alpha value is -0.840. The molecule has 1 atom stereocenters. The third-order valence-electron chi connectivity index (χ3n) is 4.39. The molecular weight excluding hydrogens is 290 g/mol. The van der Waals surface area contributed by atoms with Gasteiger partial charge in [-0.1, -0.05) is 23.8 Å². The third kappa shape index (κ3) is 2.78. The minimum absolute atomic E-state index is 0.423. The van der Waals surface area contributed by atoms with E-state index in [1.807, 2.05) is 18.2 Å². The molecule has 1 aromatic rings. The molecule has 3 rings (SSSR count). The van der Waals surface area contributed by atoms with E-state index in [2.05, 4.69) is 9.80 Å². The van der Waals surface area contributed by atoms with Crippen molar-refractivity contribution in [2.45, 2.75) is 25.3 Å². The third-order valence-corrected chi connectivity index (χ3v) is 4.84. The maximum atomic E-state index is 6.06. The highest BCUT2D eigenvalue weighted by Crippen LogP contribution is 2.29.